The van der Waals surface area contributed by atoms with Crippen LogP contribution in [-0.4, -0.2) is 17.4 Å². The molecule has 1 fully saturated rings. The molecule has 1 aromatic rings. The molecule has 0 bridgehead atoms. The molecule has 1 unspecified atom stereocenters. The van der Waals surface area contributed by atoms with Gasteiger partial charge in [-0.05, 0) is 37.0 Å². The first-order chi connectivity index (χ1) is 8.22. The molecule has 17 heavy (non-hydrogen) atoms. The predicted octanol–water partition coefficient (Wildman–Crippen LogP) is 2.73. The van der Waals surface area contributed by atoms with E-state index >= 15 is 0 Å². The molecule has 0 radical (unpaired) electrons. The van der Waals surface area contributed by atoms with Gasteiger partial charge in [-0.25, -0.2) is 0 Å². The molecule has 92 valence electrons. The van der Waals surface area contributed by atoms with Crippen LogP contribution in [0, 0.1) is 0 Å². The van der Waals surface area contributed by atoms with Gasteiger partial charge in [0.2, 0.25) is 5.91 Å². The summed E-state index contributed by atoms with van der Waals surface area (Å²) >= 11 is 0. The molecule has 2 N–H and O–H groups in total. The summed E-state index contributed by atoms with van der Waals surface area (Å²) in [6.45, 7) is 2.81. The first kappa shape index (κ1) is 12.0. The lowest BCUT2D eigenvalue weighted by atomic mass is 9.94. The van der Waals surface area contributed by atoms with Gasteiger partial charge in [-0.2, -0.15) is 0 Å². The van der Waals surface area contributed by atoms with Gasteiger partial charge in [0.05, 0.1) is 6.04 Å². The van der Waals surface area contributed by atoms with Crippen LogP contribution >= 0.6 is 0 Å². The third-order valence-corrected chi connectivity index (χ3v) is 3.42. The molecule has 1 aliphatic rings. The zero-order chi connectivity index (χ0) is 12.3. The van der Waals surface area contributed by atoms with Gasteiger partial charge in [-0.15, -0.1) is 0 Å². The predicted molar refractivity (Wildman–Crippen MR) is 69.5 cm³/mol. The number of hydrogen-bond donors (Lipinski definition) is 1. The van der Waals surface area contributed by atoms with Gasteiger partial charge < -0.3 is 10.6 Å². The van der Waals surface area contributed by atoms with Crippen LogP contribution in [-0.2, 0) is 4.79 Å². The van der Waals surface area contributed by atoms with E-state index in [0.717, 1.165) is 25.1 Å². The summed E-state index contributed by atoms with van der Waals surface area (Å²) in [4.78, 5) is 13.9. The molecule has 1 aromatic carbocycles. The largest absolute Gasteiger partial charge is 0.399 e. The van der Waals surface area contributed by atoms with Gasteiger partial charge >= 0.3 is 0 Å². The van der Waals surface area contributed by atoms with Crippen molar-refractivity contribution in [1.29, 1.82) is 0 Å². The number of likely N-dealkylation sites (tertiary alicyclic amines) is 1. The zero-order valence-corrected chi connectivity index (χ0v) is 10.4. The summed E-state index contributed by atoms with van der Waals surface area (Å²) < 4.78 is 0. The average Bonchev–Trinajstić information content (AvgIpc) is 2.38. The van der Waals surface area contributed by atoms with Crippen LogP contribution in [0.4, 0.5) is 5.69 Å². The Labute approximate surface area is 103 Å². The maximum atomic E-state index is 11.9. The highest BCUT2D eigenvalue weighted by molar-refractivity contribution is 5.76. The van der Waals surface area contributed by atoms with Crippen LogP contribution in [0.15, 0.2) is 24.3 Å². The molecule has 0 aliphatic carbocycles. The molecule has 0 saturated carbocycles. The second-order valence-corrected chi connectivity index (χ2v) is 4.62. The highest BCUT2D eigenvalue weighted by atomic mass is 16.2. The fourth-order valence-corrected chi connectivity index (χ4v) is 2.55. The third kappa shape index (κ3) is 2.60. The number of nitrogen functional groups attached to an aromatic ring is 1. The lowest BCUT2D eigenvalue weighted by Crippen LogP contribution is -2.38. The molecule has 3 nitrogen and oxygen atoms in total. The van der Waals surface area contributed by atoms with Crippen molar-refractivity contribution in [3.8, 4) is 0 Å². The summed E-state index contributed by atoms with van der Waals surface area (Å²) in [7, 11) is 0. The van der Waals surface area contributed by atoms with Crippen LogP contribution in [0.1, 0.15) is 44.2 Å². The van der Waals surface area contributed by atoms with Crippen LogP contribution in [0.25, 0.3) is 0 Å². The number of carbonyl (C=O) groups excluding carboxylic acids is 1. The number of nitrogens with two attached hydrogens (primary N) is 1. The van der Waals surface area contributed by atoms with E-state index in [2.05, 4.69) is 6.07 Å². The van der Waals surface area contributed by atoms with E-state index in [-0.39, 0.29) is 11.9 Å². The highest BCUT2D eigenvalue weighted by Crippen LogP contribution is 2.31. The first-order valence-electron chi connectivity index (χ1n) is 6.37. The van der Waals surface area contributed by atoms with E-state index < -0.39 is 0 Å². The number of piperidine rings is 1. The number of rotatable bonds is 2. The van der Waals surface area contributed by atoms with Crippen molar-refractivity contribution in [3.63, 3.8) is 0 Å². The van der Waals surface area contributed by atoms with Crippen LogP contribution in [0.3, 0.4) is 0 Å². The number of benzene rings is 1. The van der Waals surface area contributed by atoms with Crippen molar-refractivity contribution in [3.05, 3.63) is 29.8 Å². The molecule has 0 aromatic heterocycles. The number of anilines is 1. The van der Waals surface area contributed by atoms with Crippen molar-refractivity contribution in [2.45, 2.75) is 38.6 Å². The van der Waals surface area contributed by atoms with Crippen molar-refractivity contribution >= 4 is 11.6 Å². The molecule has 3 heteroatoms. The Balaban J connectivity index is 2.24. The van der Waals surface area contributed by atoms with Crippen LogP contribution in [0.2, 0.25) is 0 Å². The zero-order valence-electron chi connectivity index (χ0n) is 10.4. The average molecular weight is 232 g/mol. The topological polar surface area (TPSA) is 46.3 Å². The maximum absolute atomic E-state index is 11.9. The number of carbonyl (C=O) groups is 1. The quantitative estimate of drug-likeness (QED) is 0.797. The number of amides is 1. The summed E-state index contributed by atoms with van der Waals surface area (Å²) in [5.74, 6) is 0.247. The molecule has 1 aliphatic heterocycles. The minimum atomic E-state index is 0.222. The van der Waals surface area contributed by atoms with E-state index in [1.54, 1.807) is 0 Å². The van der Waals surface area contributed by atoms with Crippen LogP contribution < -0.4 is 5.73 Å². The highest BCUT2D eigenvalue weighted by Gasteiger charge is 2.26. The standard InChI is InChI=1S/C14H20N2O/c1-2-14(17)16-9-4-3-8-13(16)11-6-5-7-12(15)10-11/h5-7,10,13H,2-4,8-9,15H2,1H3. The molecule has 1 atom stereocenters. The second-order valence-electron chi connectivity index (χ2n) is 4.62. The SMILES string of the molecule is CCC(=O)N1CCCCC1c1cccc(N)c1. The van der Waals surface area contributed by atoms with Gasteiger partial charge in [0.25, 0.3) is 0 Å². The Morgan fingerprint density at radius 3 is 3.00 bits per heavy atom. The fraction of sp³-hybridized carbons (Fsp3) is 0.500. The normalized spacial score (nSPS) is 20.3. The van der Waals surface area contributed by atoms with E-state index in [4.69, 9.17) is 5.73 Å². The van der Waals surface area contributed by atoms with Crippen LogP contribution in [0.5, 0.6) is 0 Å². The minimum Gasteiger partial charge on any atom is -0.399 e. The van der Waals surface area contributed by atoms with Gasteiger partial charge in [0.1, 0.15) is 0 Å². The van der Waals surface area contributed by atoms with E-state index in [0.29, 0.717) is 6.42 Å². The van der Waals surface area contributed by atoms with Gasteiger partial charge in [-0.3, -0.25) is 4.79 Å². The van der Waals surface area contributed by atoms with E-state index in [9.17, 15) is 4.79 Å². The Hall–Kier alpha value is -1.51. The second kappa shape index (κ2) is 5.21. The van der Waals surface area contributed by atoms with Crippen molar-refractivity contribution in [2.75, 3.05) is 12.3 Å². The molecule has 0 spiro atoms. The number of nitrogens with zero attached hydrogens (tertiary/aromatic N) is 1. The smallest absolute Gasteiger partial charge is 0.222 e. The lowest BCUT2D eigenvalue weighted by molar-refractivity contribution is -0.134. The van der Waals surface area contributed by atoms with E-state index in [1.165, 1.54) is 12.0 Å². The Bertz CT molecular complexity index is 403. The van der Waals surface area contributed by atoms with Crippen molar-refractivity contribution in [1.82, 2.24) is 4.90 Å². The molecule has 1 amide bonds. The first-order valence-corrected chi connectivity index (χ1v) is 6.37. The van der Waals surface area contributed by atoms with E-state index in [1.807, 2.05) is 30.0 Å². The number of hydrogen-bond acceptors (Lipinski definition) is 2. The summed E-state index contributed by atoms with van der Waals surface area (Å²) in [5, 5.41) is 0. The Morgan fingerprint density at radius 2 is 2.29 bits per heavy atom. The molecule has 2 rings (SSSR count). The fourth-order valence-electron chi connectivity index (χ4n) is 2.55. The Morgan fingerprint density at radius 1 is 1.47 bits per heavy atom. The summed E-state index contributed by atoms with van der Waals surface area (Å²) in [6.07, 6.45) is 3.94. The third-order valence-electron chi connectivity index (χ3n) is 3.42. The van der Waals surface area contributed by atoms with Gasteiger partial charge in [0, 0.05) is 18.7 Å². The maximum Gasteiger partial charge on any atom is 0.222 e. The van der Waals surface area contributed by atoms with Crippen molar-refractivity contribution in [2.24, 2.45) is 0 Å². The lowest BCUT2D eigenvalue weighted by Gasteiger charge is -2.36. The Kier molecular flexibility index (Phi) is 3.67. The minimum absolute atomic E-state index is 0.222. The molecule has 1 saturated heterocycles. The monoisotopic (exact) mass is 232 g/mol. The van der Waals surface area contributed by atoms with Crippen molar-refractivity contribution < 1.29 is 4.79 Å². The summed E-state index contributed by atoms with van der Waals surface area (Å²) in [6, 6.07) is 8.14. The molecule has 1 heterocycles. The molecular formula is C14H20N2O. The summed E-state index contributed by atoms with van der Waals surface area (Å²) in [5.41, 5.74) is 7.76. The van der Waals surface area contributed by atoms with Gasteiger partial charge in [-0.1, -0.05) is 19.1 Å². The molecular weight excluding hydrogens is 212 g/mol. The van der Waals surface area contributed by atoms with Gasteiger partial charge in [0.15, 0.2) is 0 Å².